The fourth-order valence-electron chi connectivity index (χ4n) is 3.15. The molecule has 31 heavy (non-hydrogen) atoms. The molecule has 0 saturated heterocycles. The van der Waals surface area contributed by atoms with E-state index >= 15 is 0 Å². The zero-order chi connectivity index (χ0) is 22.4. The first-order chi connectivity index (χ1) is 14.9. The number of thioether (sulfide) groups is 1. The Morgan fingerprint density at radius 3 is 2.84 bits per heavy atom. The van der Waals surface area contributed by atoms with E-state index < -0.39 is 0 Å². The van der Waals surface area contributed by atoms with Crippen molar-refractivity contribution in [1.82, 2.24) is 9.55 Å². The SMILES string of the molecule is CCOCCCn1c(SCC(=O)Nc2cccc(C)c2C)nc2cc(Cl)ccc2c1=O. The first-order valence-electron chi connectivity index (χ1n) is 10.2. The second-order valence-corrected chi connectivity index (χ2v) is 8.53. The zero-order valence-electron chi connectivity index (χ0n) is 17.9. The Kier molecular flexibility index (Phi) is 8.12. The predicted molar refractivity (Wildman–Crippen MR) is 127 cm³/mol. The minimum absolute atomic E-state index is 0.136. The van der Waals surface area contributed by atoms with Crippen molar-refractivity contribution < 1.29 is 9.53 Å². The van der Waals surface area contributed by atoms with Gasteiger partial charge in [0, 0.05) is 30.5 Å². The Balaban J connectivity index is 1.82. The normalized spacial score (nSPS) is 11.1. The fourth-order valence-corrected chi connectivity index (χ4v) is 4.14. The molecule has 0 saturated carbocycles. The van der Waals surface area contributed by atoms with Crippen molar-refractivity contribution in [3.8, 4) is 0 Å². The Bertz CT molecular complexity index is 1150. The van der Waals surface area contributed by atoms with Crippen LogP contribution in [0.4, 0.5) is 5.69 Å². The lowest BCUT2D eigenvalue weighted by molar-refractivity contribution is -0.113. The van der Waals surface area contributed by atoms with Crippen molar-refractivity contribution in [2.75, 3.05) is 24.3 Å². The molecule has 1 N–H and O–H groups in total. The van der Waals surface area contributed by atoms with E-state index in [4.69, 9.17) is 16.3 Å². The number of nitrogens with one attached hydrogen (secondary N) is 1. The molecular weight excluding hydrogens is 434 g/mol. The molecule has 1 heterocycles. The molecule has 0 spiro atoms. The van der Waals surface area contributed by atoms with Gasteiger partial charge in [-0.25, -0.2) is 4.98 Å². The van der Waals surface area contributed by atoms with Gasteiger partial charge in [0.2, 0.25) is 5.91 Å². The summed E-state index contributed by atoms with van der Waals surface area (Å²) in [5, 5.41) is 4.45. The lowest BCUT2D eigenvalue weighted by atomic mass is 10.1. The second kappa shape index (κ2) is 10.8. The highest BCUT2D eigenvalue weighted by molar-refractivity contribution is 7.99. The van der Waals surface area contributed by atoms with E-state index in [-0.39, 0.29) is 17.2 Å². The first-order valence-corrected chi connectivity index (χ1v) is 11.5. The third-order valence-electron chi connectivity index (χ3n) is 4.97. The average Bonchev–Trinajstić information content (AvgIpc) is 2.74. The number of halogens is 1. The lowest BCUT2D eigenvalue weighted by Crippen LogP contribution is -2.25. The summed E-state index contributed by atoms with van der Waals surface area (Å²) in [7, 11) is 0. The molecule has 0 aliphatic carbocycles. The number of rotatable bonds is 9. The van der Waals surface area contributed by atoms with Crippen molar-refractivity contribution in [2.24, 2.45) is 0 Å². The molecule has 0 fully saturated rings. The number of aryl methyl sites for hydroxylation is 1. The van der Waals surface area contributed by atoms with Crippen molar-refractivity contribution in [1.29, 1.82) is 0 Å². The van der Waals surface area contributed by atoms with Gasteiger partial charge in [-0.1, -0.05) is 35.5 Å². The number of ether oxygens (including phenoxy) is 1. The number of nitrogens with zero attached hydrogens (tertiary/aromatic N) is 2. The van der Waals surface area contributed by atoms with E-state index in [1.165, 1.54) is 11.8 Å². The van der Waals surface area contributed by atoms with Crippen LogP contribution in [0, 0.1) is 13.8 Å². The van der Waals surface area contributed by atoms with Gasteiger partial charge in [0.25, 0.3) is 5.56 Å². The lowest BCUT2D eigenvalue weighted by Gasteiger charge is -2.14. The highest BCUT2D eigenvalue weighted by Gasteiger charge is 2.14. The molecule has 1 amide bonds. The summed E-state index contributed by atoms with van der Waals surface area (Å²) >= 11 is 7.33. The van der Waals surface area contributed by atoms with Gasteiger partial charge in [0.15, 0.2) is 5.16 Å². The van der Waals surface area contributed by atoms with E-state index in [0.29, 0.717) is 47.3 Å². The van der Waals surface area contributed by atoms with E-state index in [1.807, 2.05) is 39.0 Å². The first kappa shape index (κ1) is 23.3. The number of aromatic nitrogens is 2. The van der Waals surface area contributed by atoms with Crippen LogP contribution in [0.5, 0.6) is 0 Å². The molecule has 3 aromatic rings. The van der Waals surface area contributed by atoms with Crippen LogP contribution in [0.25, 0.3) is 10.9 Å². The number of fused-ring (bicyclic) bond motifs is 1. The van der Waals surface area contributed by atoms with E-state index in [0.717, 1.165) is 16.8 Å². The van der Waals surface area contributed by atoms with Crippen LogP contribution in [-0.2, 0) is 16.1 Å². The van der Waals surface area contributed by atoms with Crippen LogP contribution in [0.15, 0.2) is 46.3 Å². The molecule has 1 aromatic heterocycles. The average molecular weight is 460 g/mol. The maximum absolute atomic E-state index is 13.1. The van der Waals surface area contributed by atoms with Gasteiger partial charge in [0.1, 0.15) is 0 Å². The van der Waals surface area contributed by atoms with Gasteiger partial charge in [-0.3, -0.25) is 14.2 Å². The monoisotopic (exact) mass is 459 g/mol. The predicted octanol–water partition coefficient (Wildman–Crippen LogP) is 4.82. The minimum atomic E-state index is -0.153. The maximum atomic E-state index is 13.1. The third-order valence-corrected chi connectivity index (χ3v) is 6.18. The Morgan fingerprint density at radius 1 is 1.26 bits per heavy atom. The third kappa shape index (κ3) is 5.87. The van der Waals surface area contributed by atoms with Crippen molar-refractivity contribution in [3.63, 3.8) is 0 Å². The van der Waals surface area contributed by atoms with Crippen LogP contribution in [-0.4, -0.2) is 34.4 Å². The van der Waals surface area contributed by atoms with E-state index in [1.54, 1.807) is 22.8 Å². The second-order valence-electron chi connectivity index (χ2n) is 7.15. The summed E-state index contributed by atoms with van der Waals surface area (Å²) in [6.07, 6.45) is 0.677. The van der Waals surface area contributed by atoms with Crippen LogP contribution in [0.3, 0.4) is 0 Å². The number of carbonyl (C=O) groups excluding carboxylic acids is 1. The maximum Gasteiger partial charge on any atom is 0.262 e. The molecule has 0 atom stereocenters. The topological polar surface area (TPSA) is 73.2 Å². The molecule has 164 valence electrons. The Hall–Kier alpha value is -2.35. The van der Waals surface area contributed by atoms with Crippen LogP contribution in [0.2, 0.25) is 5.02 Å². The molecule has 0 radical (unpaired) electrons. The van der Waals surface area contributed by atoms with Crippen LogP contribution >= 0.6 is 23.4 Å². The largest absolute Gasteiger partial charge is 0.382 e. The van der Waals surface area contributed by atoms with Gasteiger partial charge in [-0.2, -0.15) is 0 Å². The van der Waals surface area contributed by atoms with Gasteiger partial charge in [-0.05, 0) is 62.6 Å². The Labute approximate surface area is 191 Å². The number of carbonyl (C=O) groups is 1. The molecule has 3 rings (SSSR count). The molecular formula is C23H26ClN3O3S. The summed E-state index contributed by atoms with van der Waals surface area (Å²) in [6, 6.07) is 10.8. The fraction of sp³-hybridized carbons (Fsp3) is 0.348. The summed E-state index contributed by atoms with van der Waals surface area (Å²) in [6.45, 7) is 7.56. The van der Waals surface area contributed by atoms with Gasteiger partial charge in [0.05, 0.1) is 16.7 Å². The Morgan fingerprint density at radius 2 is 2.06 bits per heavy atom. The van der Waals surface area contributed by atoms with E-state index in [2.05, 4.69) is 10.3 Å². The molecule has 6 nitrogen and oxygen atoms in total. The zero-order valence-corrected chi connectivity index (χ0v) is 19.5. The molecule has 2 aromatic carbocycles. The van der Waals surface area contributed by atoms with Gasteiger partial charge in [-0.15, -0.1) is 0 Å². The number of hydrogen-bond donors (Lipinski definition) is 1. The van der Waals surface area contributed by atoms with Crippen molar-refractivity contribution in [2.45, 2.75) is 38.9 Å². The number of amides is 1. The summed E-state index contributed by atoms with van der Waals surface area (Å²) in [5.74, 6) is -0.0165. The highest BCUT2D eigenvalue weighted by atomic mass is 35.5. The molecule has 8 heteroatoms. The van der Waals surface area contributed by atoms with E-state index in [9.17, 15) is 9.59 Å². The van der Waals surface area contributed by atoms with Gasteiger partial charge >= 0.3 is 0 Å². The standard InChI is InChI=1S/C23H26ClN3O3S/c1-4-30-12-6-11-27-22(29)18-10-9-17(24)13-20(18)26-23(27)31-14-21(28)25-19-8-5-7-15(2)16(19)3/h5,7-10,13H,4,6,11-12,14H2,1-3H3,(H,25,28). The van der Waals surface area contributed by atoms with Gasteiger partial charge < -0.3 is 10.1 Å². The van der Waals surface area contributed by atoms with Crippen molar-refractivity contribution in [3.05, 3.63) is 62.9 Å². The smallest absolute Gasteiger partial charge is 0.262 e. The molecule has 0 bridgehead atoms. The van der Waals surface area contributed by atoms with Crippen molar-refractivity contribution >= 4 is 45.9 Å². The number of hydrogen-bond acceptors (Lipinski definition) is 5. The number of anilines is 1. The summed E-state index contributed by atoms with van der Waals surface area (Å²) in [4.78, 5) is 30.3. The summed E-state index contributed by atoms with van der Waals surface area (Å²) in [5.41, 5.74) is 3.32. The van der Waals surface area contributed by atoms with Crippen LogP contribution in [0.1, 0.15) is 24.5 Å². The number of benzene rings is 2. The molecule has 0 aliphatic heterocycles. The molecule has 0 unspecified atom stereocenters. The summed E-state index contributed by atoms with van der Waals surface area (Å²) < 4.78 is 7.02. The quantitative estimate of drug-likeness (QED) is 0.282. The minimum Gasteiger partial charge on any atom is -0.382 e. The van der Waals surface area contributed by atoms with Crippen LogP contribution < -0.4 is 10.9 Å². The highest BCUT2D eigenvalue weighted by Crippen LogP contribution is 2.22. The molecule has 0 aliphatic rings.